The van der Waals surface area contributed by atoms with Gasteiger partial charge >= 0.3 is 5.97 Å². The molecule has 1 heterocycles. The number of fused-ring (bicyclic) bond motifs is 1. The fourth-order valence-corrected chi connectivity index (χ4v) is 3.93. The summed E-state index contributed by atoms with van der Waals surface area (Å²) in [4.78, 5) is 24.5. The van der Waals surface area contributed by atoms with Crippen molar-refractivity contribution in [2.24, 2.45) is 0 Å². The van der Waals surface area contributed by atoms with E-state index in [0.29, 0.717) is 17.4 Å². The Morgan fingerprint density at radius 3 is 2.95 bits per heavy atom. The van der Waals surface area contributed by atoms with E-state index in [1.54, 1.807) is 0 Å². The predicted molar refractivity (Wildman–Crippen MR) is 79.6 cm³/mol. The Balaban J connectivity index is 1.60. The number of carbonyl (C=O) groups excluding carboxylic acids is 1. The third kappa shape index (κ3) is 3.00. The van der Waals surface area contributed by atoms with E-state index < -0.39 is 12.0 Å². The predicted octanol–water partition coefficient (Wildman–Crippen LogP) is 1.54. The van der Waals surface area contributed by atoms with Crippen molar-refractivity contribution in [3.8, 4) is 5.75 Å². The van der Waals surface area contributed by atoms with Crippen LogP contribution in [0.5, 0.6) is 5.75 Å². The lowest BCUT2D eigenvalue weighted by Gasteiger charge is -2.20. The largest absolute Gasteiger partial charge is 0.484 e. The van der Waals surface area contributed by atoms with E-state index in [1.807, 2.05) is 18.2 Å². The van der Waals surface area contributed by atoms with Gasteiger partial charge in [0.2, 0.25) is 0 Å². The Bertz CT molecular complexity index is 575. The van der Waals surface area contributed by atoms with Crippen LogP contribution in [0.1, 0.15) is 17.5 Å². The molecule has 6 heteroatoms. The van der Waals surface area contributed by atoms with Crippen LogP contribution in [-0.2, 0) is 22.4 Å². The Hall–Kier alpha value is -1.69. The highest BCUT2D eigenvalue weighted by Crippen LogP contribution is 2.26. The Morgan fingerprint density at radius 2 is 2.14 bits per heavy atom. The molecule has 0 bridgehead atoms. The van der Waals surface area contributed by atoms with Crippen LogP contribution in [0, 0.1) is 0 Å². The van der Waals surface area contributed by atoms with Gasteiger partial charge in [-0.1, -0.05) is 6.07 Å². The lowest BCUT2D eigenvalue weighted by molar-refractivity contribution is -0.148. The second kappa shape index (κ2) is 5.97. The molecule has 21 heavy (non-hydrogen) atoms. The van der Waals surface area contributed by atoms with E-state index in [0.717, 1.165) is 12.8 Å². The number of thioether (sulfide) groups is 1. The maximum atomic E-state index is 12.1. The number of aryl methyl sites for hydroxylation is 2. The molecule has 1 saturated heterocycles. The third-order valence-corrected chi connectivity index (χ3v) is 4.93. The molecule has 1 aromatic rings. The summed E-state index contributed by atoms with van der Waals surface area (Å²) in [6.07, 6.45) is 3.34. The molecular weight excluding hydrogens is 290 g/mol. The lowest BCUT2D eigenvalue weighted by Crippen LogP contribution is -2.43. The van der Waals surface area contributed by atoms with Crippen LogP contribution in [0.25, 0.3) is 0 Å². The average molecular weight is 307 g/mol. The first-order chi connectivity index (χ1) is 10.1. The number of hydrogen-bond acceptors (Lipinski definition) is 4. The number of rotatable bonds is 4. The van der Waals surface area contributed by atoms with Gasteiger partial charge in [0.15, 0.2) is 6.61 Å². The molecule has 1 atom stereocenters. The van der Waals surface area contributed by atoms with Crippen LogP contribution in [0.15, 0.2) is 18.2 Å². The summed E-state index contributed by atoms with van der Waals surface area (Å²) in [6.45, 7) is -0.108. The van der Waals surface area contributed by atoms with Gasteiger partial charge in [-0.15, -0.1) is 11.8 Å². The molecule has 1 amide bonds. The van der Waals surface area contributed by atoms with Crippen LogP contribution in [0.3, 0.4) is 0 Å². The van der Waals surface area contributed by atoms with Crippen molar-refractivity contribution < 1.29 is 19.4 Å². The Labute approximate surface area is 127 Å². The third-order valence-electron chi connectivity index (χ3n) is 3.92. The maximum Gasteiger partial charge on any atom is 0.327 e. The van der Waals surface area contributed by atoms with Gasteiger partial charge in [0.1, 0.15) is 11.8 Å². The fraction of sp³-hybridized carbons (Fsp3) is 0.467. The molecule has 0 radical (unpaired) electrons. The van der Waals surface area contributed by atoms with Gasteiger partial charge in [0.05, 0.1) is 5.88 Å². The second-order valence-corrected chi connectivity index (χ2v) is 6.29. The SMILES string of the molecule is O=C(O)[C@@H]1CSCN1C(=O)COc1ccc2c(c1)CCC2. The van der Waals surface area contributed by atoms with Crippen LogP contribution in [0.4, 0.5) is 0 Å². The van der Waals surface area contributed by atoms with E-state index in [4.69, 9.17) is 9.84 Å². The molecule has 1 fully saturated rings. The number of carboxylic acid groups (broad SMARTS) is 1. The summed E-state index contributed by atoms with van der Waals surface area (Å²) < 4.78 is 5.54. The number of aliphatic carboxylic acids is 1. The maximum absolute atomic E-state index is 12.1. The molecule has 1 N–H and O–H groups in total. The molecule has 0 unspecified atom stereocenters. The fourth-order valence-electron chi connectivity index (χ4n) is 2.76. The summed E-state index contributed by atoms with van der Waals surface area (Å²) in [5, 5.41) is 9.08. The highest BCUT2D eigenvalue weighted by atomic mass is 32.2. The normalized spacial score (nSPS) is 20.4. The van der Waals surface area contributed by atoms with Crippen LogP contribution >= 0.6 is 11.8 Å². The molecular formula is C15H17NO4S. The van der Waals surface area contributed by atoms with Crippen molar-refractivity contribution in [3.05, 3.63) is 29.3 Å². The first-order valence-corrected chi connectivity index (χ1v) is 8.15. The van der Waals surface area contributed by atoms with Crippen molar-refractivity contribution in [2.45, 2.75) is 25.3 Å². The Morgan fingerprint density at radius 1 is 1.33 bits per heavy atom. The van der Waals surface area contributed by atoms with E-state index in [2.05, 4.69) is 0 Å². The number of benzene rings is 1. The standard InChI is InChI=1S/C15H17NO4S/c17-14(16-9-21-8-13(16)15(18)19)7-20-12-5-4-10-2-1-3-11(10)6-12/h4-6,13H,1-3,7-9H2,(H,18,19)/t13-/m0/s1. The molecule has 0 spiro atoms. The number of nitrogens with zero attached hydrogens (tertiary/aromatic N) is 1. The van der Waals surface area contributed by atoms with Crippen molar-refractivity contribution in [2.75, 3.05) is 18.2 Å². The van der Waals surface area contributed by atoms with Gasteiger partial charge in [-0.05, 0) is 42.5 Å². The van der Waals surface area contributed by atoms with Crippen LogP contribution in [-0.4, -0.2) is 46.2 Å². The van der Waals surface area contributed by atoms with Crippen molar-refractivity contribution in [1.29, 1.82) is 0 Å². The summed E-state index contributed by atoms with van der Waals surface area (Å²) in [5.74, 6) is 0.324. The van der Waals surface area contributed by atoms with Gasteiger partial charge in [0.25, 0.3) is 5.91 Å². The van der Waals surface area contributed by atoms with E-state index in [-0.39, 0.29) is 12.5 Å². The van der Waals surface area contributed by atoms with E-state index >= 15 is 0 Å². The van der Waals surface area contributed by atoms with Gasteiger partial charge in [-0.3, -0.25) is 4.79 Å². The monoisotopic (exact) mass is 307 g/mol. The number of carboxylic acids is 1. The zero-order valence-electron chi connectivity index (χ0n) is 11.6. The first kappa shape index (κ1) is 14.3. The zero-order chi connectivity index (χ0) is 14.8. The molecule has 2 aliphatic rings. The van der Waals surface area contributed by atoms with Crippen LogP contribution < -0.4 is 4.74 Å². The molecule has 0 aromatic heterocycles. The minimum absolute atomic E-state index is 0.108. The summed E-state index contributed by atoms with van der Waals surface area (Å²) in [6, 6.07) is 5.19. The Kier molecular flexibility index (Phi) is 4.05. The second-order valence-electron chi connectivity index (χ2n) is 5.29. The smallest absolute Gasteiger partial charge is 0.327 e. The quantitative estimate of drug-likeness (QED) is 0.914. The number of ether oxygens (including phenoxy) is 1. The summed E-state index contributed by atoms with van der Waals surface area (Å²) in [7, 11) is 0. The molecule has 1 aliphatic heterocycles. The highest BCUT2D eigenvalue weighted by molar-refractivity contribution is 7.99. The molecule has 1 aliphatic carbocycles. The van der Waals surface area contributed by atoms with Crippen molar-refractivity contribution >= 4 is 23.6 Å². The van der Waals surface area contributed by atoms with Gasteiger partial charge in [-0.2, -0.15) is 0 Å². The number of amides is 1. The van der Waals surface area contributed by atoms with Crippen LogP contribution in [0.2, 0.25) is 0 Å². The minimum atomic E-state index is -0.953. The number of hydrogen-bond donors (Lipinski definition) is 1. The van der Waals surface area contributed by atoms with Crippen molar-refractivity contribution in [1.82, 2.24) is 4.90 Å². The number of carbonyl (C=O) groups is 2. The molecule has 5 nitrogen and oxygen atoms in total. The molecule has 3 rings (SSSR count). The summed E-state index contributed by atoms with van der Waals surface area (Å²) >= 11 is 1.45. The van der Waals surface area contributed by atoms with E-state index in [1.165, 1.54) is 34.2 Å². The van der Waals surface area contributed by atoms with Gasteiger partial charge in [-0.25, -0.2) is 4.79 Å². The van der Waals surface area contributed by atoms with Gasteiger partial charge < -0.3 is 14.7 Å². The van der Waals surface area contributed by atoms with Gasteiger partial charge in [0, 0.05) is 5.75 Å². The van der Waals surface area contributed by atoms with E-state index in [9.17, 15) is 9.59 Å². The first-order valence-electron chi connectivity index (χ1n) is 7.00. The van der Waals surface area contributed by atoms with Crippen molar-refractivity contribution in [3.63, 3.8) is 0 Å². The average Bonchev–Trinajstić information content (AvgIpc) is 3.12. The molecule has 0 saturated carbocycles. The highest BCUT2D eigenvalue weighted by Gasteiger charge is 2.34. The topological polar surface area (TPSA) is 66.8 Å². The molecule has 112 valence electrons. The minimum Gasteiger partial charge on any atom is -0.484 e. The summed E-state index contributed by atoms with van der Waals surface area (Å²) in [5.41, 5.74) is 2.65. The lowest BCUT2D eigenvalue weighted by atomic mass is 10.1. The molecule has 1 aromatic carbocycles. The zero-order valence-corrected chi connectivity index (χ0v) is 12.4.